The van der Waals surface area contributed by atoms with Crippen LogP contribution < -0.4 is 15.1 Å². The Balaban J connectivity index is 1.34. The lowest BCUT2D eigenvalue weighted by molar-refractivity contribution is 0.0940. The number of rotatable bonds is 5. The van der Waals surface area contributed by atoms with Gasteiger partial charge in [-0.2, -0.15) is 0 Å². The van der Waals surface area contributed by atoms with Crippen molar-refractivity contribution < 1.29 is 9.18 Å². The lowest BCUT2D eigenvalue weighted by atomic mass is 10.1. The van der Waals surface area contributed by atoms with E-state index in [-0.39, 0.29) is 17.8 Å². The highest BCUT2D eigenvalue weighted by atomic mass is 19.1. The summed E-state index contributed by atoms with van der Waals surface area (Å²) in [6.45, 7) is 5.22. The van der Waals surface area contributed by atoms with Gasteiger partial charge in [0.1, 0.15) is 11.6 Å². The number of fused-ring (bicyclic) bond motifs is 1. The van der Waals surface area contributed by atoms with Crippen LogP contribution in [0.3, 0.4) is 0 Å². The second-order valence-corrected chi connectivity index (χ2v) is 8.63. The van der Waals surface area contributed by atoms with Gasteiger partial charge >= 0.3 is 0 Å². The molecule has 1 saturated heterocycles. The van der Waals surface area contributed by atoms with E-state index in [1.54, 1.807) is 0 Å². The molecule has 34 heavy (non-hydrogen) atoms. The van der Waals surface area contributed by atoms with Gasteiger partial charge in [0.25, 0.3) is 5.91 Å². The summed E-state index contributed by atoms with van der Waals surface area (Å²) in [5.74, 6) is 0.566. The topological polar surface area (TPSA) is 48.5 Å². The van der Waals surface area contributed by atoms with Crippen molar-refractivity contribution in [1.29, 1.82) is 0 Å². The van der Waals surface area contributed by atoms with E-state index in [1.165, 1.54) is 12.1 Å². The number of hydrogen-bond acceptors (Lipinski definition) is 4. The molecule has 172 valence electrons. The van der Waals surface area contributed by atoms with Crippen molar-refractivity contribution in [3.05, 3.63) is 102 Å². The molecule has 6 heteroatoms. The first kappa shape index (κ1) is 21.9. The molecule has 1 aromatic heterocycles. The minimum absolute atomic E-state index is 0.0858. The predicted molar refractivity (Wildman–Crippen MR) is 135 cm³/mol. The maximum atomic E-state index is 13.3. The second kappa shape index (κ2) is 9.51. The molecule has 1 N–H and O–H groups in total. The van der Waals surface area contributed by atoms with Crippen LogP contribution in [-0.4, -0.2) is 37.1 Å². The van der Waals surface area contributed by atoms with Crippen LogP contribution in [0, 0.1) is 5.82 Å². The Morgan fingerprint density at radius 3 is 2.35 bits per heavy atom. The number of hydrogen-bond donors (Lipinski definition) is 1. The number of anilines is 2. The number of aromatic nitrogens is 1. The van der Waals surface area contributed by atoms with Crippen LogP contribution in [0.1, 0.15) is 28.9 Å². The molecule has 1 aliphatic rings. The molecule has 0 spiro atoms. The third-order valence-corrected chi connectivity index (χ3v) is 6.43. The van der Waals surface area contributed by atoms with E-state index in [4.69, 9.17) is 0 Å². The van der Waals surface area contributed by atoms with Gasteiger partial charge in [0, 0.05) is 49.0 Å². The van der Waals surface area contributed by atoms with Gasteiger partial charge in [-0.15, -0.1) is 0 Å². The number of nitrogens with zero attached hydrogens (tertiary/aromatic N) is 3. The molecule has 0 aliphatic carbocycles. The summed E-state index contributed by atoms with van der Waals surface area (Å²) in [4.78, 5) is 22.2. The van der Waals surface area contributed by atoms with Crippen LogP contribution in [0.15, 0.2) is 85.1 Å². The summed E-state index contributed by atoms with van der Waals surface area (Å²) in [6, 6.07) is 24.3. The summed E-state index contributed by atoms with van der Waals surface area (Å²) < 4.78 is 13.3. The van der Waals surface area contributed by atoms with Gasteiger partial charge in [-0.05, 0) is 60.3 Å². The number of piperazine rings is 1. The summed E-state index contributed by atoms with van der Waals surface area (Å²) in [7, 11) is 0. The van der Waals surface area contributed by atoms with Crippen molar-refractivity contribution in [2.24, 2.45) is 0 Å². The first-order valence-corrected chi connectivity index (χ1v) is 11.6. The molecule has 1 amide bonds. The third kappa shape index (κ3) is 4.57. The minimum atomic E-state index is -0.222. The van der Waals surface area contributed by atoms with Crippen LogP contribution in [-0.2, 0) is 0 Å². The van der Waals surface area contributed by atoms with Gasteiger partial charge in [0.05, 0.1) is 6.04 Å². The number of nitrogens with one attached hydrogen (secondary N) is 1. The van der Waals surface area contributed by atoms with E-state index in [2.05, 4.69) is 20.1 Å². The SMILES string of the molecule is C[C@@H](NC(=O)c1ccc2ccnc(N3CCN(c4ccc(F)cc4)CC3)c2c1)c1ccccc1. The summed E-state index contributed by atoms with van der Waals surface area (Å²) in [5.41, 5.74) is 2.71. The van der Waals surface area contributed by atoms with Crippen molar-refractivity contribution in [3.8, 4) is 0 Å². The Bertz CT molecular complexity index is 1290. The minimum Gasteiger partial charge on any atom is -0.368 e. The Kier molecular flexibility index (Phi) is 6.12. The molecular weight excluding hydrogens is 427 g/mol. The fourth-order valence-electron chi connectivity index (χ4n) is 4.48. The first-order valence-electron chi connectivity index (χ1n) is 11.6. The van der Waals surface area contributed by atoms with E-state index >= 15 is 0 Å². The molecule has 2 heterocycles. The van der Waals surface area contributed by atoms with Gasteiger partial charge in [-0.3, -0.25) is 4.79 Å². The fourth-order valence-corrected chi connectivity index (χ4v) is 4.48. The molecule has 5 rings (SSSR count). The molecule has 0 unspecified atom stereocenters. The highest BCUT2D eigenvalue weighted by molar-refractivity contribution is 6.01. The maximum absolute atomic E-state index is 13.3. The Morgan fingerprint density at radius 2 is 1.62 bits per heavy atom. The van der Waals surface area contributed by atoms with E-state index in [9.17, 15) is 9.18 Å². The lowest BCUT2D eigenvalue weighted by Gasteiger charge is -2.37. The normalized spacial score (nSPS) is 14.8. The second-order valence-electron chi connectivity index (χ2n) is 8.63. The van der Waals surface area contributed by atoms with Crippen LogP contribution >= 0.6 is 0 Å². The van der Waals surface area contributed by atoms with Crippen LogP contribution in [0.25, 0.3) is 10.8 Å². The van der Waals surface area contributed by atoms with Gasteiger partial charge < -0.3 is 15.1 Å². The molecular formula is C28H27FN4O. The molecule has 4 aromatic rings. The number of halogens is 1. The zero-order chi connectivity index (χ0) is 23.5. The molecule has 1 aliphatic heterocycles. The monoisotopic (exact) mass is 454 g/mol. The van der Waals surface area contributed by atoms with E-state index in [0.29, 0.717) is 5.56 Å². The lowest BCUT2D eigenvalue weighted by Crippen LogP contribution is -2.46. The molecule has 0 saturated carbocycles. The standard InChI is InChI=1S/C28H27FN4O/c1-20(21-5-3-2-4-6-21)31-28(34)23-8-7-22-13-14-30-27(26(22)19-23)33-17-15-32(16-18-33)25-11-9-24(29)10-12-25/h2-14,19-20H,15-18H2,1H3,(H,31,34)/t20-/m1/s1. The van der Waals surface area contributed by atoms with Crippen molar-refractivity contribution >= 4 is 28.2 Å². The molecule has 3 aromatic carbocycles. The van der Waals surface area contributed by atoms with E-state index in [1.807, 2.05) is 79.9 Å². The Morgan fingerprint density at radius 1 is 0.912 bits per heavy atom. The van der Waals surface area contributed by atoms with Gasteiger partial charge in [0.15, 0.2) is 0 Å². The van der Waals surface area contributed by atoms with Crippen molar-refractivity contribution in [2.45, 2.75) is 13.0 Å². The van der Waals surface area contributed by atoms with Gasteiger partial charge in [-0.1, -0.05) is 36.4 Å². The number of benzene rings is 3. The fraction of sp³-hybridized carbons (Fsp3) is 0.214. The van der Waals surface area contributed by atoms with Crippen LogP contribution in [0.4, 0.5) is 15.9 Å². The zero-order valence-corrected chi connectivity index (χ0v) is 19.1. The predicted octanol–water partition coefficient (Wildman–Crippen LogP) is 5.19. The summed E-state index contributed by atoms with van der Waals surface area (Å²) in [6.07, 6.45) is 1.82. The zero-order valence-electron chi connectivity index (χ0n) is 19.1. The number of carbonyl (C=O) groups excluding carboxylic acids is 1. The average molecular weight is 455 g/mol. The van der Waals surface area contributed by atoms with Gasteiger partial charge in [-0.25, -0.2) is 9.37 Å². The Hall–Kier alpha value is -3.93. The third-order valence-electron chi connectivity index (χ3n) is 6.43. The summed E-state index contributed by atoms with van der Waals surface area (Å²) >= 11 is 0. The molecule has 5 nitrogen and oxygen atoms in total. The van der Waals surface area contributed by atoms with E-state index in [0.717, 1.165) is 54.0 Å². The highest BCUT2D eigenvalue weighted by Gasteiger charge is 2.21. The van der Waals surface area contributed by atoms with Crippen molar-refractivity contribution in [2.75, 3.05) is 36.0 Å². The largest absolute Gasteiger partial charge is 0.368 e. The average Bonchev–Trinajstić information content (AvgIpc) is 2.89. The molecule has 0 radical (unpaired) electrons. The maximum Gasteiger partial charge on any atom is 0.251 e. The van der Waals surface area contributed by atoms with Gasteiger partial charge in [0.2, 0.25) is 0 Å². The molecule has 0 bridgehead atoms. The number of amides is 1. The number of pyridine rings is 1. The molecule has 1 fully saturated rings. The summed E-state index contributed by atoms with van der Waals surface area (Å²) in [5, 5.41) is 5.12. The van der Waals surface area contributed by atoms with Crippen LogP contribution in [0.5, 0.6) is 0 Å². The number of carbonyl (C=O) groups is 1. The Labute approximate surface area is 198 Å². The molecule has 1 atom stereocenters. The van der Waals surface area contributed by atoms with E-state index < -0.39 is 0 Å². The smallest absolute Gasteiger partial charge is 0.251 e. The van der Waals surface area contributed by atoms with Crippen molar-refractivity contribution in [1.82, 2.24) is 10.3 Å². The quantitative estimate of drug-likeness (QED) is 0.451. The first-order chi connectivity index (χ1) is 16.6. The van der Waals surface area contributed by atoms with Crippen LogP contribution in [0.2, 0.25) is 0 Å². The highest BCUT2D eigenvalue weighted by Crippen LogP contribution is 2.28. The van der Waals surface area contributed by atoms with Crippen molar-refractivity contribution in [3.63, 3.8) is 0 Å².